The number of nitrogens with zero attached hydrogens (tertiary/aromatic N) is 2. The monoisotopic (exact) mass is 471 g/mol. The Morgan fingerprint density at radius 2 is 1.48 bits per heavy atom. The maximum absolute atomic E-state index is 6.32. The zero-order valence-corrected chi connectivity index (χ0v) is 19.4. The van der Waals surface area contributed by atoms with Crippen molar-refractivity contribution in [1.82, 2.24) is 4.90 Å². The number of fused-ring (bicyclic) bond motifs is 1. The van der Waals surface area contributed by atoms with Crippen molar-refractivity contribution in [2.75, 3.05) is 42.9 Å². The summed E-state index contributed by atoms with van der Waals surface area (Å²) < 4.78 is 0. The number of hydrogen-bond acceptors (Lipinski definition) is 3. The molecule has 0 aliphatic carbocycles. The molecule has 160 valence electrons. The number of nitrogens with one attached hydrogen (secondary N) is 1. The topological polar surface area (TPSA) is 18.5 Å². The fraction of sp³-hybridized carbons (Fsp3) is 0.280. The number of anilines is 2. The summed E-state index contributed by atoms with van der Waals surface area (Å²) in [4.78, 5) is 5.04. The van der Waals surface area contributed by atoms with Crippen LogP contribution in [0.4, 0.5) is 11.4 Å². The first-order chi connectivity index (χ1) is 15.0. The molecule has 5 rings (SSSR count). The molecule has 0 saturated carbocycles. The maximum atomic E-state index is 6.32. The summed E-state index contributed by atoms with van der Waals surface area (Å²) >= 11 is 18.8. The first kappa shape index (κ1) is 21.0. The minimum Gasteiger partial charge on any atom is -0.382 e. The van der Waals surface area contributed by atoms with Crippen molar-refractivity contribution >= 4 is 46.2 Å². The third-order valence-corrected chi connectivity index (χ3v) is 7.20. The molecule has 2 aliphatic heterocycles. The fourth-order valence-corrected chi connectivity index (χ4v) is 5.58. The average molecular weight is 473 g/mol. The lowest BCUT2D eigenvalue weighted by Crippen LogP contribution is -2.57. The van der Waals surface area contributed by atoms with Crippen molar-refractivity contribution in [3.05, 3.63) is 92.9 Å². The van der Waals surface area contributed by atoms with Crippen molar-refractivity contribution in [2.24, 2.45) is 0 Å². The Bertz CT molecular complexity index is 1090. The molecule has 3 nitrogen and oxygen atoms in total. The number of rotatable bonds is 4. The van der Waals surface area contributed by atoms with Crippen LogP contribution >= 0.6 is 34.8 Å². The molecule has 0 radical (unpaired) electrons. The van der Waals surface area contributed by atoms with Crippen LogP contribution in [-0.4, -0.2) is 37.6 Å². The lowest BCUT2D eigenvalue weighted by molar-refractivity contribution is 0.0945. The molecule has 1 saturated heterocycles. The Balaban J connectivity index is 1.45. The van der Waals surface area contributed by atoms with E-state index in [0.717, 1.165) is 59.9 Å². The van der Waals surface area contributed by atoms with E-state index in [-0.39, 0.29) is 5.54 Å². The molecule has 3 aromatic carbocycles. The Morgan fingerprint density at radius 1 is 0.774 bits per heavy atom. The van der Waals surface area contributed by atoms with E-state index in [4.69, 9.17) is 34.8 Å². The van der Waals surface area contributed by atoms with E-state index in [1.165, 1.54) is 16.8 Å². The summed E-state index contributed by atoms with van der Waals surface area (Å²) in [5, 5.41) is 5.94. The molecule has 3 aromatic rings. The molecule has 2 heterocycles. The van der Waals surface area contributed by atoms with Gasteiger partial charge in [0.05, 0.1) is 5.54 Å². The second kappa shape index (κ2) is 8.55. The van der Waals surface area contributed by atoms with Crippen molar-refractivity contribution < 1.29 is 0 Å². The van der Waals surface area contributed by atoms with E-state index in [0.29, 0.717) is 0 Å². The maximum Gasteiger partial charge on any atom is 0.0696 e. The molecule has 1 N–H and O–H groups in total. The van der Waals surface area contributed by atoms with Gasteiger partial charge in [-0.1, -0.05) is 59.1 Å². The third kappa shape index (κ3) is 4.12. The van der Waals surface area contributed by atoms with Crippen LogP contribution in [0.1, 0.15) is 11.1 Å². The van der Waals surface area contributed by atoms with E-state index in [1.807, 2.05) is 42.5 Å². The Kier molecular flexibility index (Phi) is 5.78. The van der Waals surface area contributed by atoms with Gasteiger partial charge in [0.1, 0.15) is 0 Å². The van der Waals surface area contributed by atoms with Gasteiger partial charge in [0.2, 0.25) is 0 Å². The highest BCUT2D eigenvalue weighted by Crippen LogP contribution is 2.43. The molecule has 0 spiro atoms. The molecule has 0 bridgehead atoms. The summed E-state index contributed by atoms with van der Waals surface area (Å²) in [6.07, 6.45) is 0.895. The highest BCUT2D eigenvalue weighted by atomic mass is 35.5. The Morgan fingerprint density at radius 3 is 2.23 bits per heavy atom. The minimum atomic E-state index is -0.134. The zero-order chi connectivity index (χ0) is 21.4. The van der Waals surface area contributed by atoms with E-state index in [1.54, 1.807) is 0 Å². The Labute approximate surface area is 198 Å². The van der Waals surface area contributed by atoms with Gasteiger partial charge < -0.3 is 10.2 Å². The molecule has 6 heteroatoms. The molecular formula is C25H24Cl3N3. The van der Waals surface area contributed by atoms with Crippen LogP contribution in [0, 0.1) is 0 Å². The minimum absolute atomic E-state index is 0.134. The van der Waals surface area contributed by atoms with Crippen LogP contribution in [0.3, 0.4) is 0 Å². The fourth-order valence-electron chi connectivity index (χ4n) is 5.01. The molecule has 31 heavy (non-hydrogen) atoms. The van der Waals surface area contributed by atoms with Crippen LogP contribution in [-0.2, 0) is 12.0 Å². The number of halogens is 3. The number of benzene rings is 3. The zero-order valence-electron chi connectivity index (χ0n) is 17.1. The van der Waals surface area contributed by atoms with E-state index in [2.05, 4.69) is 39.4 Å². The second-order valence-corrected chi connectivity index (χ2v) is 9.65. The SMILES string of the molecule is Clc1cccc(CC2(N3CCN(c4cccc(Cl)c4)CC3)CNc3cc(Cl)ccc32)c1. The van der Waals surface area contributed by atoms with Crippen LogP contribution < -0.4 is 10.2 Å². The van der Waals surface area contributed by atoms with Gasteiger partial charge in [-0.05, 0) is 60.0 Å². The quantitative estimate of drug-likeness (QED) is 0.478. The van der Waals surface area contributed by atoms with Crippen molar-refractivity contribution in [1.29, 1.82) is 0 Å². The number of piperazine rings is 1. The van der Waals surface area contributed by atoms with E-state index < -0.39 is 0 Å². The van der Waals surface area contributed by atoms with Gasteiger partial charge >= 0.3 is 0 Å². The molecule has 0 amide bonds. The van der Waals surface area contributed by atoms with Gasteiger partial charge in [-0.3, -0.25) is 4.90 Å². The summed E-state index contributed by atoms with van der Waals surface area (Å²) in [6, 6.07) is 22.6. The van der Waals surface area contributed by atoms with Gasteiger partial charge in [0.25, 0.3) is 0 Å². The van der Waals surface area contributed by atoms with Crippen LogP contribution in [0.25, 0.3) is 0 Å². The molecule has 0 aromatic heterocycles. The van der Waals surface area contributed by atoms with Gasteiger partial charge in [-0.2, -0.15) is 0 Å². The molecule has 2 aliphatic rings. The third-order valence-electron chi connectivity index (χ3n) is 6.50. The highest BCUT2D eigenvalue weighted by Gasteiger charge is 2.45. The van der Waals surface area contributed by atoms with Gasteiger partial charge in [0.15, 0.2) is 0 Å². The lowest BCUT2D eigenvalue weighted by atomic mass is 9.83. The van der Waals surface area contributed by atoms with Crippen LogP contribution in [0.15, 0.2) is 66.7 Å². The van der Waals surface area contributed by atoms with Gasteiger partial charge in [-0.25, -0.2) is 0 Å². The standard InChI is InChI=1S/C25H24Cl3N3/c26-19-4-1-3-18(13-19)16-25(17-29-24-15-21(28)7-8-23(24)25)31-11-9-30(10-12-31)22-6-2-5-20(27)14-22/h1-8,13-15,29H,9-12,16-17H2. The predicted molar refractivity (Wildman–Crippen MR) is 132 cm³/mol. The predicted octanol–water partition coefficient (Wildman–Crippen LogP) is 6.33. The Hall–Kier alpha value is -1.91. The van der Waals surface area contributed by atoms with Gasteiger partial charge in [-0.15, -0.1) is 0 Å². The number of hydrogen-bond donors (Lipinski definition) is 1. The lowest BCUT2D eigenvalue weighted by Gasteiger charge is -2.46. The molecule has 1 fully saturated rings. The molecule has 1 unspecified atom stereocenters. The second-order valence-electron chi connectivity index (χ2n) is 8.34. The summed E-state index contributed by atoms with van der Waals surface area (Å²) in [5.74, 6) is 0. The molecular weight excluding hydrogens is 449 g/mol. The summed E-state index contributed by atoms with van der Waals surface area (Å²) in [6.45, 7) is 4.71. The average Bonchev–Trinajstić information content (AvgIpc) is 3.12. The first-order valence-corrected chi connectivity index (χ1v) is 11.7. The summed E-state index contributed by atoms with van der Waals surface area (Å²) in [5.41, 5.74) is 4.74. The van der Waals surface area contributed by atoms with Crippen molar-refractivity contribution in [3.63, 3.8) is 0 Å². The largest absolute Gasteiger partial charge is 0.382 e. The smallest absolute Gasteiger partial charge is 0.0696 e. The highest BCUT2D eigenvalue weighted by molar-refractivity contribution is 6.31. The van der Waals surface area contributed by atoms with Crippen LogP contribution in [0.2, 0.25) is 15.1 Å². The van der Waals surface area contributed by atoms with E-state index >= 15 is 0 Å². The van der Waals surface area contributed by atoms with Gasteiger partial charge in [0, 0.05) is 59.2 Å². The van der Waals surface area contributed by atoms with E-state index in [9.17, 15) is 0 Å². The normalized spacial score (nSPS) is 21.1. The summed E-state index contributed by atoms with van der Waals surface area (Å²) in [7, 11) is 0. The molecule has 1 atom stereocenters. The van der Waals surface area contributed by atoms with Crippen molar-refractivity contribution in [2.45, 2.75) is 12.0 Å². The van der Waals surface area contributed by atoms with Crippen LogP contribution in [0.5, 0.6) is 0 Å². The van der Waals surface area contributed by atoms with Crippen molar-refractivity contribution in [3.8, 4) is 0 Å². The first-order valence-electron chi connectivity index (χ1n) is 10.6.